The first-order valence-electron chi connectivity index (χ1n) is 8.75. The summed E-state index contributed by atoms with van der Waals surface area (Å²) >= 11 is 5.99. The van der Waals surface area contributed by atoms with Gasteiger partial charge in [-0.05, 0) is 12.1 Å². The number of aliphatic imine (C=N–C) groups is 2. The second-order valence-electron chi connectivity index (χ2n) is 6.69. The Bertz CT molecular complexity index is 1210. The molecule has 2 N–H and O–H groups in total. The van der Waals surface area contributed by atoms with Crippen molar-refractivity contribution in [1.29, 1.82) is 0 Å². The highest BCUT2D eigenvalue weighted by Gasteiger charge is 2.41. The number of imidazole rings is 1. The summed E-state index contributed by atoms with van der Waals surface area (Å²) in [5.41, 5.74) is 7.51. The van der Waals surface area contributed by atoms with Gasteiger partial charge in [0.15, 0.2) is 5.84 Å². The molecule has 5 rings (SSSR count). The van der Waals surface area contributed by atoms with E-state index in [-0.39, 0.29) is 10.8 Å². The van der Waals surface area contributed by atoms with Crippen LogP contribution in [0.3, 0.4) is 0 Å². The number of hydrogen-bond donors (Lipinski definition) is 1. The van der Waals surface area contributed by atoms with Gasteiger partial charge in [-0.15, -0.1) is 0 Å². The van der Waals surface area contributed by atoms with E-state index >= 15 is 0 Å². The van der Waals surface area contributed by atoms with E-state index in [0.717, 1.165) is 6.34 Å². The second kappa shape index (κ2) is 6.48. The van der Waals surface area contributed by atoms with Gasteiger partial charge in [-0.1, -0.05) is 23.7 Å². The average molecular weight is 420 g/mol. The van der Waals surface area contributed by atoms with Crippen molar-refractivity contribution in [3.63, 3.8) is 0 Å². The molecule has 2 bridgehead atoms. The molecule has 148 valence electrons. The van der Waals surface area contributed by atoms with Gasteiger partial charge < -0.3 is 15.0 Å². The van der Waals surface area contributed by atoms with E-state index in [1.54, 1.807) is 12.1 Å². The maximum Gasteiger partial charge on any atom is 0.387 e. The predicted molar refractivity (Wildman–Crippen MR) is 102 cm³/mol. The first-order chi connectivity index (χ1) is 14.0. The zero-order valence-corrected chi connectivity index (χ0v) is 15.4. The Hall–Kier alpha value is -3.07. The molecule has 1 aromatic heterocycles. The fraction of sp³-hybridized carbons (Fsp3) is 0.211. The van der Waals surface area contributed by atoms with E-state index in [9.17, 15) is 13.2 Å². The van der Waals surface area contributed by atoms with Gasteiger partial charge in [-0.2, -0.15) is 8.78 Å². The van der Waals surface area contributed by atoms with E-state index in [1.165, 1.54) is 18.2 Å². The molecule has 0 saturated heterocycles. The maximum absolute atomic E-state index is 13.9. The summed E-state index contributed by atoms with van der Waals surface area (Å²) in [6.45, 7) is -3.00. The van der Waals surface area contributed by atoms with Crippen LogP contribution in [-0.4, -0.2) is 28.3 Å². The molecule has 3 heterocycles. The zero-order valence-electron chi connectivity index (χ0n) is 14.7. The van der Waals surface area contributed by atoms with Crippen molar-refractivity contribution in [3.05, 3.63) is 58.1 Å². The van der Waals surface area contributed by atoms with Crippen LogP contribution in [0.5, 0.6) is 5.75 Å². The number of ether oxygens (including phenoxy) is 1. The van der Waals surface area contributed by atoms with Gasteiger partial charge in [0.25, 0.3) is 0 Å². The molecule has 3 aromatic rings. The minimum absolute atomic E-state index is 0.0194. The van der Waals surface area contributed by atoms with Crippen LogP contribution in [0.1, 0.15) is 35.5 Å². The van der Waals surface area contributed by atoms with Gasteiger partial charge in [0, 0.05) is 23.6 Å². The van der Waals surface area contributed by atoms with E-state index in [1.807, 2.05) is 4.57 Å². The summed E-state index contributed by atoms with van der Waals surface area (Å²) in [5.74, 6) is 0.315. The number of aromatic nitrogens is 2. The van der Waals surface area contributed by atoms with Gasteiger partial charge >= 0.3 is 6.61 Å². The summed E-state index contributed by atoms with van der Waals surface area (Å²) in [4.78, 5) is 13.3. The van der Waals surface area contributed by atoms with E-state index in [4.69, 9.17) is 22.1 Å². The third-order valence-electron chi connectivity index (χ3n) is 5.15. The Morgan fingerprint density at radius 3 is 2.93 bits per heavy atom. The van der Waals surface area contributed by atoms with E-state index < -0.39 is 24.5 Å². The average Bonchev–Trinajstić information content (AvgIpc) is 3.13. The highest BCUT2D eigenvalue weighted by Crippen LogP contribution is 2.49. The van der Waals surface area contributed by atoms with Gasteiger partial charge in [-0.25, -0.2) is 14.4 Å². The minimum Gasteiger partial charge on any atom is -0.434 e. The monoisotopic (exact) mass is 419 g/mol. The van der Waals surface area contributed by atoms with Crippen molar-refractivity contribution in [2.75, 3.05) is 0 Å². The molecule has 0 aliphatic carbocycles. The molecule has 10 heteroatoms. The zero-order chi connectivity index (χ0) is 20.3. The number of hydrogen-bond acceptors (Lipinski definition) is 4. The number of amidine groups is 1. The van der Waals surface area contributed by atoms with Crippen molar-refractivity contribution >= 4 is 34.8 Å². The Morgan fingerprint density at radius 1 is 1.34 bits per heavy atom. The normalized spacial score (nSPS) is 20.1. The van der Waals surface area contributed by atoms with Crippen molar-refractivity contribution < 1.29 is 17.9 Å². The molecule has 0 spiro atoms. The van der Waals surface area contributed by atoms with Crippen molar-refractivity contribution in [3.8, 4) is 5.75 Å². The lowest BCUT2D eigenvalue weighted by atomic mass is 9.97. The molecule has 0 radical (unpaired) electrons. The number of alkyl halides is 2. The van der Waals surface area contributed by atoms with E-state index in [0.29, 0.717) is 40.2 Å². The Labute approximate surface area is 167 Å². The Balaban J connectivity index is 1.82. The van der Waals surface area contributed by atoms with Crippen LogP contribution < -0.4 is 10.5 Å². The lowest BCUT2D eigenvalue weighted by Gasteiger charge is -2.21. The molecule has 2 aliphatic rings. The third kappa shape index (κ3) is 2.68. The van der Waals surface area contributed by atoms with Crippen LogP contribution in [0.25, 0.3) is 11.0 Å². The summed E-state index contributed by atoms with van der Waals surface area (Å²) in [5, 5.41) is -0.0475. The summed E-state index contributed by atoms with van der Waals surface area (Å²) in [6.07, 6.45) is 1.56. The number of nitrogens with two attached hydrogens (primary N) is 1. The van der Waals surface area contributed by atoms with Crippen molar-refractivity contribution in [2.45, 2.75) is 25.1 Å². The summed E-state index contributed by atoms with van der Waals surface area (Å²) < 4.78 is 46.8. The molecule has 2 atom stereocenters. The first kappa shape index (κ1) is 18.0. The highest BCUT2D eigenvalue weighted by molar-refractivity contribution is 6.31. The lowest BCUT2D eigenvalue weighted by Crippen LogP contribution is -2.15. The van der Waals surface area contributed by atoms with Crippen LogP contribution in [0.2, 0.25) is 5.02 Å². The highest BCUT2D eigenvalue weighted by atomic mass is 35.5. The molecule has 2 aliphatic heterocycles. The van der Waals surface area contributed by atoms with Crippen LogP contribution in [0.4, 0.5) is 13.2 Å². The van der Waals surface area contributed by atoms with Crippen molar-refractivity contribution in [1.82, 2.24) is 9.55 Å². The molecule has 2 unspecified atom stereocenters. The van der Waals surface area contributed by atoms with Crippen molar-refractivity contribution in [2.24, 2.45) is 15.7 Å². The number of nitrogens with zero attached hydrogens (tertiary/aromatic N) is 4. The molecule has 0 amide bonds. The van der Waals surface area contributed by atoms with Crippen LogP contribution in [-0.2, 0) is 0 Å². The van der Waals surface area contributed by atoms with Gasteiger partial charge in [0.1, 0.15) is 23.4 Å². The molecular weight excluding hydrogens is 407 g/mol. The largest absolute Gasteiger partial charge is 0.434 e. The Morgan fingerprint density at radius 2 is 2.17 bits per heavy atom. The molecule has 6 nitrogen and oxygen atoms in total. The second-order valence-corrected chi connectivity index (χ2v) is 7.10. The topological polar surface area (TPSA) is 77.8 Å². The molecule has 2 aromatic carbocycles. The third-order valence-corrected chi connectivity index (χ3v) is 5.44. The van der Waals surface area contributed by atoms with Crippen LogP contribution >= 0.6 is 11.6 Å². The fourth-order valence-electron chi connectivity index (χ4n) is 4.12. The Kier molecular flexibility index (Phi) is 4.02. The molecule has 0 saturated carbocycles. The summed E-state index contributed by atoms with van der Waals surface area (Å²) in [6, 6.07) is 6.71. The van der Waals surface area contributed by atoms with E-state index in [2.05, 4.69) is 15.0 Å². The van der Waals surface area contributed by atoms with Crippen LogP contribution in [0, 0.1) is 5.82 Å². The molecule has 29 heavy (non-hydrogen) atoms. The SMILES string of the molecule is NC=NC1=NC2CC(c3c(OC(F)F)cccc31)n1c2nc2cc(F)c(Cl)cc21. The lowest BCUT2D eigenvalue weighted by molar-refractivity contribution is -0.0506. The van der Waals surface area contributed by atoms with Crippen LogP contribution in [0.15, 0.2) is 40.3 Å². The van der Waals surface area contributed by atoms with Gasteiger partial charge in [0.2, 0.25) is 0 Å². The maximum atomic E-state index is 13.9. The van der Waals surface area contributed by atoms with Gasteiger partial charge in [-0.3, -0.25) is 4.99 Å². The summed E-state index contributed by atoms with van der Waals surface area (Å²) in [7, 11) is 0. The quantitative estimate of drug-likeness (QED) is 0.499. The standard InChI is InChI=1S/C19H13ClF3N5O/c20-9-4-13-11(5-10(9)21)27-18-12-6-14(28(13)18)16-8(17(26-12)25-7-24)2-1-3-15(16)29-19(22)23/h1-5,7,12,14,19H,6H2,(H2,24,25,26). The predicted octanol–water partition coefficient (Wildman–Crippen LogP) is 4.21. The number of benzene rings is 2. The minimum atomic E-state index is -3.00. The smallest absolute Gasteiger partial charge is 0.387 e. The number of rotatable bonds is 2. The number of fused-ring (bicyclic) bond motifs is 9. The van der Waals surface area contributed by atoms with Gasteiger partial charge in [0.05, 0.1) is 28.4 Å². The number of halogens is 4. The molecular formula is C19H13ClF3N5O. The fourth-order valence-corrected chi connectivity index (χ4v) is 4.28. The molecule has 0 fully saturated rings. The first-order valence-corrected chi connectivity index (χ1v) is 9.12.